The molecule has 1 aliphatic rings. The maximum absolute atomic E-state index is 13.0. The molecule has 120 valence electrons. The number of rotatable bonds is 4. The van der Waals surface area contributed by atoms with Crippen LogP contribution in [0.2, 0.25) is 0 Å². The molecule has 1 atom stereocenters. The van der Waals surface area contributed by atoms with E-state index in [1.807, 2.05) is 27.7 Å². The smallest absolute Gasteiger partial charge is 0.466 e. The van der Waals surface area contributed by atoms with E-state index < -0.39 is 30.1 Å². The summed E-state index contributed by atoms with van der Waals surface area (Å²) in [6, 6.07) is 2.84. The molecule has 0 aromatic carbocycles. The fourth-order valence-corrected chi connectivity index (χ4v) is 2.29. The first-order chi connectivity index (χ1) is 10.2. The molecule has 1 aromatic heterocycles. The van der Waals surface area contributed by atoms with E-state index in [1.54, 1.807) is 6.07 Å². The van der Waals surface area contributed by atoms with Gasteiger partial charge in [-0.05, 0) is 39.3 Å². The number of nitrogens with zero attached hydrogens (tertiary/aromatic N) is 1. The molecule has 0 spiro atoms. The standard InChI is InChI=1S/C15H21BFNO4/c1-14(2)15(3,4)22-16(21-14)11(8-13(19)20-5)10-6-7-12(17)18-9-10/h6-7,9,11H,8H2,1-5H3. The van der Waals surface area contributed by atoms with Gasteiger partial charge in [0.25, 0.3) is 0 Å². The Morgan fingerprint density at radius 1 is 1.32 bits per heavy atom. The maximum atomic E-state index is 13.0. The highest BCUT2D eigenvalue weighted by Crippen LogP contribution is 2.41. The Morgan fingerprint density at radius 2 is 1.91 bits per heavy atom. The minimum atomic E-state index is -0.628. The number of halogens is 1. The summed E-state index contributed by atoms with van der Waals surface area (Å²) in [5.41, 5.74) is -0.357. The van der Waals surface area contributed by atoms with Crippen LogP contribution in [0.5, 0.6) is 0 Å². The average molecular weight is 309 g/mol. The zero-order valence-electron chi connectivity index (χ0n) is 13.6. The van der Waals surface area contributed by atoms with Crippen LogP contribution in [0.1, 0.15) is 45.5 Å². The van der Waals surface area contributed by atoms with Crippen molar-refractivity contribution in [3.8, 4) is 0 Å². The quantitative estimate of drug-likeness (QED) is 0.486. The number of carbonyl (C=O) groups excluding carboxylic acids is 1. The molecular formula is C15H21BFNO4. The highest BCUT2D eigenvalue weighted by molar-refractivity contribution is 6.48. The molecule has 1 aromatic rings. The number of aromatic nitrogens is 1. The summed E-state index contributed by atoms with van der Waals surface area (Å²) >= 11 is 0. The first-order valence-electron chi connectivity index (χ1n) is 7.20. The van der Waals surface area contributed by atoms with E-state index >= 15 is 0 Å². The van der Waals surface area contributed by atoms with Crippen LogP contribution in [0.3, 0.4) is 0 Å². The Labute approximate surface area is 130 Å². The number of hydrogen-bond acceptors (Lipinski definition) is 5. The van der Waals surface area contributed by atoms with E-state index in [1.165, 1.54) is 19.4 Å². The summed E-state index contributed by atoms with van der Waals surface area (Å²) in [5.74, 6) is -1.37. The SMILES string of the molecule is COC(=O)CC(B1OC(C)(C)C(C)(C)O1)c1ccc(F)nc1. The molecule has 7 heteroatoms. The number of pyridine rings is 1. The second-order valence-corrected chi connectivity index (χ2v) is 6.43. The van der Waals surface area contributed by atoms with E-state index in [4.69, 9.17) is 14.0 Å². The van der Waals surface area contributed by atoms with Gasteiger partial charge in [0.05, 0.1) is 24.7 Å². The van der Waals surface area contributed by atoms with Crippen molar-refractivity contribution in [2.24, 2.45) is 0 Å². The van der Waals surface area contributed by atoms with Gasteiger partial charge >= 0.3 is 13.1 Å². The molecule has 0 N–H and O–H groups in total. The molecule has 0 saturated carbocycles. The van der Waals surface area contributed by atoms with E-state index in [9.17, 15) is 9.18 Å². The molecule has 1 aliphatic heterocycles. The average Bonchev–Trinajstić information content (AvgIpc) is 2.65. The van der Waals surface area contributed by atoms with Crippen molar-refractivity contribution >= 4 is 13.1 Å². The molecule has 0 radical (unpaired) electrons. The summed E-state index contributed by atoms with van der Waals surface area (Å²) in [6.45, 7) is 7.74. The fraction of sp³-hybridized carbons (Fsp3) is 0.600. The van der Waals surface area contributed by atoms with Crippen LogP contribution in [-0.2, 0) is 18.8 Å². The molecular weight excluding hydrogens is 288 g/mol. The van der Waals surface area contributed by atoms with E-state index in [0.29, 0.717) is 5.56 Å². The van der Waals surface area contributed by atoms with Gasteiger partial charge in [0.1, 0.15) is 0 Å². The number of ether oxygens (including phenoxy) is 1. The molecule has 0 amide bonds. The van der Waals surface area contributed by atoms with Crippen molar-refractivity contribution < 1.29 is 23.2 Å². The van der Waals surface area contributed by atoms with Crippen molar-refractivity contribution in [3.63, 3.8) is 0 Å². The molecule has 0 bridgehead atoms. The fourth-order valence-electron chi connectivity index (χ4n) is 2.29. The van der Waals surface area contributed by atoms with Crippen molar-refractivity contribution in [3.05, 3.63) is 29.8 Å². The van der Waals surface area contributed by atoms with E-state index in [2.05, 4.69) is 4.98 Å². The number of carbonyl (C=O) groups is 1. The Hall–Kier alpha value is -1.47. The van der Waals surface area contributed by atoms with Crippen LogP contribution in [-0.4, -0.2) is 36.4 Å². The number of esters is 1. The minimum absolute atomic E-state index is 0.0701. The third-order valence-corrected chi connectivity index (χ3v) is 4.39. The normalized spacial score (nSPS) is 20.7. The Kier molecular flexibility index (Phi) is 4.58. The topological polar surface area (TPSA) is 57.7 Å². The third kappa shape index (κ3) is 3.30. The second-order valence-electron chi connectivity index (χ2n) is 6.43. The lowest BCUT2D eigenvalue weighted by atomic mass is 9.66. The van der Waals surface area contributed by atoms with Gasteiger partial charge in [-0.1, -0.05) is 6.07 Å². The van der Waals surface area contributed by atoms with E-state index in [0.717, 1.165) is 0 Å². The largest absolute Gasteiger partial charge is 0.469 e. The molecule has 5 nitrogen and oxygen atoms in total. The monoisotopic (exact) mass is 309 g/mol. The van der Waals surface area contributed by atoms with Gasteiger partial charge in [0.2, 0.25) is 5.95 Å². The van der Waals surface area contributed by atoms with Crippen LogP contribution in [0.25, 0.3) is 0 Å². The second kappa shape index (κ2) is 5.97. The summed E-state index contributed by atoms with van der Waals surface area (Å²) in [5, 5.41) is 0. The van der Waals surface area contributed by atoms with Crippen LogP contribution in [0.15, 0.2) is 18.3 Å². The lowest BCUT2D eigenvalue weighted by molar-refractivity contribution is -0.140. The molecule has 0 aliphatic carbocycles. The summed E-state index contributed by atoms with van der Waals surface area (Å²) < 4.78 is 29.8. The summed E-state index contributed by atoms with van der Waals surface area (Å²) in [4.78, 5) is 15.4. The van der Waals surface area contributed by atoms with Crippen molar-refractivity contribution in [2.45, 2.75) is 51.1 Å². The van der Waals surface area contributed by atoms with Crippen molar-refractivity contribution in [2.75, 3.05) is 7.11 Å². The number of methoxy groups -OCH3 is 1. The maximum Gasteiger partial charge on any atom is 0.466 e. The molecule has 1 unspecified atom stereocenters. The van der Waals surface area contributed by atoms with Gasteiger partial charge in [-0.2, -0.15) is 4.39 Å². The van der Waals surface area contributed by atoms with Gasteiger partial charge in [-0.3, -0.25) is 4.79 Å². The van der Waals surface area contributed by atoms with Gasteiger partial charge in [0, 0.05) is 12.0 Å². The first kappa shape index (κ1) is 16.9. The van der Waals surface area contributed by atoms with Crippen LogP contribution in [0, 0.1) is 5.95 Å². The zero-order valence-corrected chi connectivity index (χ0v) is 13.6. The zero-order chi connectivity index (χ0) is 16.5. The molecule has 2 rings (SSSR count). The van der Waals surface area contributed by atoms with Crippen molar-refractivity contribution in [1.29, 1.82) is 0 Å². The Bertz CT molecular complexity index is 531. The van der Waals surface area contributed by atoms with E-state index in [-0.39, 0.29) is 12.4 Å². The lowest BCUT2D eigenvalue weighted by Crippen LogP contribution is -2.41. The lowest BCUT2D eigenvalue weighted by Gasteiger charge is -2.32. The molecule has 2 heterocycles. The first-order valence-corrected chi connectivity index (χ1v) is 7.20. The summed E-state index contributed by atoms with van der Waals surface area (Å²) in [7, 11) is 0.698. The van der Waals surface area contributed by atoms with Crippen LogP contribution < -0.4 is 0 Å². The van der Waals surface area contributed by atoms with Crippen LogP contribution in [0.4, 0.5) is 4.39 Å². The number of hydrogen-bond donors (Lipinski definition) is 0. The minimum Gasteiger partial charge on any atom is -0.469 e. The molecule has 1 saturated heterocycles. The Morgan fingerprint density at radius 3 is 2.36 bits per heavy atom. The highest BCUT2D eigenvalue weighted by atomic mass is 19.1. The molecule has 22 heavy (non-hydrogen) atoms. The summed E-state index contributed by atoms with van der Waals surface area (Å²) in [6.07, 6.45) is 1.47. The van der Waals surface area contributed by atoms with Gasteiger partial charge in [-0.15, -0.1) is 0 Å². The van der Waals surface area contributed by atoms with Crippen LogP contribution >= 0.6 is 0 Å². The predicted octanol–water partition coefficient (Wildman–Crippen LogP) is 2.50. The third-order valence-electron chi connectivity index (χ3n) is 4.39. The molecule has 1 fully saturated rings. The van der Waals surface area contributed by atoms with Crippen molar-refractivity contribution in [1.82, 2.24) is 4.98 Å². The van der Waals surface area contributed by atoms with Gasteiger partial charge in [-0.25, -0.2) is 4.98 Å². The van der Waals surface area contributed by atoms with Gasteiger partial charge in [0.15, 0.2) is 0 Å². The highest BCUT2D eigenvalue weighted by Gasteiger charge is 2.54. The Balaban J connectivity index is 2.29. The van der Waals surface area contributed by atoms with Gasteiger partial charge < -0.3 is 14.0 Å². The predicted molar refractivity (Wildman–Crippen MR) is 79.7 cm³/mol.